The summed E-state index contributed by atoms with van der Waals surface area (Å²) < 4.78 is 15.8. The molecule has 7 nitrogen and oxygen atoms in total. The zero-order valence-electron chi connectivity index (χ0n) is 14.4. The van der Waals surface area contributed by atoms with E-state index in [0.29, 0.717) is 10.7 Å². The minimum absolute atomic E-state index is 0.0454. The molecule has 0 aliphatic carbocycles. The first-order valence-corrected chi connectivity index (χ1v) is 9.16. The van der Waals surface area contributed by atoms with Gasteiger partial charge in [0.15, 0.2) is 5.65 Å². The third-order valence-corrected chi connectivity index (χ3v) is 4.76. The molecule has 1 N–H and O–H groups in total. The fourth-order valence-electron chi connectivity index (χ4n) is 2.55. The highest BCUT2D eigenvalue weighted by atomic mass is 32.2. The molecular formula is C19H14FN5O2S. The number of rotatable bonds is 5. The largest absolute Gasteiger partial charge is 0.367 e. The van der Waals surface area contributed by atoms with Crippen LogP contribution in [0.15, 0.2) is 81.4 Å². The van der Waals surface area contributed by atoms with Gasteiger partial charge in [-0.1, -0.05) is 42.1 Å². The number of carbonyl (C=O) groups is 1. The average Bonchev–Trinajstić information content (AvgIpc) is 3.00. The Balaban J connectivity index is 1.55. The molecule has 2 heterocycles. The van der Waals surface area contributed by atoms with Crippen LogP contribution >= 0.6 is 11.8 Å². The Morgan fingerprint density at radius 3 is 2.54 bits per heavy atom. The zero-order valence-corrected chi connectivity index (χ0v) is 15.3. The van der Waals surface area contributed by atoms with E-state index < -0.39 is 17.4 Å². The lowest BCUT2D eigenvalue weighted by Gasteiger charge is -2.05. The van der Waals surface area contributed by atoms with Gasteiger partial charge in [0.1, 0.15) is 17.4 Å². The first-order chi connectivity index (χ1) is 13.6. The first-order valence-electron chi connectivity index (χ1n) is 8.34. The van der Waals surface area contributed by atoms with Crippen molar-refractivity contribution in [3.63, 3.8) is 0 Å². The van der Waals surface area contributed by atoms with Crippen LogP contribution < -0.4 is 11.0 Å². The van der Waals surface area contributed by atoms with Crippen LogP contribution in [0.1, 0.15) is 0 Å². The minimum atomic E-state index is -0.561. The predicted molar refractivity (Wildman–Crippen MR) is 103 cm³/mol. The highest BCUT2D eigenvalue weighted by Gasteiger charge is 2.14. The van der Waals surface area contributed by atoms with Crippen LogP contribution in [0.3, 0.4) is 0 Å². The van der Waals surface area contributed by atoms with Gasteiger partial charge in [0.05, 0.1) is 5.69 Å². The van der Waals surface area contributed by atoms with E-state index in [1.54, 1.807) is 18.2 Å². The fraction of sp³-hybridized carbons (Fsp3) is 0.0526. The third-order valence-electron chi connectivity index (χ3n) is 3.82. The molecular weight excluding hydrogens is 381 g/mol. The van der Waals surface area contributed by atoms with Gasteiger partial charge in [-0.15, -0.1) is 5.10 Å². The SMILES string of the molecule is O=C(Cn1nc2ccc(Sc3ccccc3)nn2c1=O)Nc1ccccc1F. The van der Waals surface area contributed by atoms with Crippen molar-refractivity contribution in [2.45, 2.75) is 16.5 Å². The molecule has 9 heteroatoms. The Hall–Kier alpha value is -3.46. The summed E-state index contributed by atoms with van der Waals surface area (Å²) in [6.07, 6.45) is 0. The van der Waals surface area contributed by atoms with E-state index in [0.717, 1.165) is 14.1 Å². The Morgan fingerprint density at radius 1 is 1.00 bits per heavy atom. The topological polar surface area (TPSA) is 81.3 Å². The molecule has 0 saturated carbocycles. The van der Waals surface area contributed by atoms with E-state index in [-0.39, 0.29) is 12.2 Å². The van der Waals surface area contributed by atoms with Gasteiger partial charge in [-0.25, -0.2) is 13.9 Å². The van der Waals surface area contributed by atoms with E-state index in [1.807, 2.05) is 30.3 Å². The average molecular weight is 395 g/mol. The van der Waals surface area contributed by atoms with Crippen LogP contribution in [0.25, 0.3) is 5.65 Å². The lowest BCUT2D eigenvalue weighted by atomic mass is 10.3. The van der Waals surface area contributed by atoms with Crippen molar-refractivity contribution in [3.8, 4) is 0 Å². The van der Waals surface area contributed by atoms with Crippen LogP contribution in [0, 0.1) is 5.82 Å². The number of hydrogen-bond acceptors (Lipinski definition) is 5. The van der Waals surface area contributed by atoms with Crippen molar-refractivity contribution in [3.05, 3.63) is 83.0 Å². The number of hydrogen-bond donors (Lipinski definition) is 1. The second kappa shape index (κ2) is 7.65. The Morgan fingerprint density at radius 2 is 1.75 bits per heavy atom. The normalized spacial score (nSPS) is 10.9. The summed E-state index contributed by atoms with van der Waals surface area (Å²) in [5, 5.41) is 11.4. The van der Waals surface area contributed by atoms with E-state index >= 15 is 0 Å². The number of benzene rings is 2. The maximum atomic E-state index is 13.6. The molecule has 4 rings (SSSR count). The Labute approximate surface area is 162 Å². The second-order valence-corrected chi connectivity index (χ2v) is 6.92. The summed E-state index contributed by atoms with van der Waals surface area (Å²) in [7, 11) is 0. The van der Waals surface area contributed by atoms with E-state index in [9.17, 15) is 14.0 Å². The van der Waals surface area contributed by atoms with Gasteiger partial charge in [-0.2, -0.15) is 9.61 Å². The van der Waals surface area contributed by atoms with Crippen LogP contribution in [-0.4, -0.2) is 25.3 Å². The molecule has 2 aromatic heterocycles. The number of amides is 1. The number of halogens is 1. The van der Waals surface area contributed by atoms with E-state index in [2.05, 4.69) is 15.5 Å². The molecule has 4 aromatic rings. The summed E-state index contributed by atoms with van der Waals surface area (Å²) in [5.41, 5.74) is -0.181. The quantitative estimate of drug-likeness (QED) is 0.562. The van der Waals surface area contributed by atoms with Crippen LogP contribution in [0.4, 0.5) is 10.1 Å². The Bertz CT molecular complexity index is 1210. The van der Waals surface area contributed by atoms with E-state index in [1.165, 1.54) is 30.0 Å². The molecule has 0 aliphatic rings. The number of para-hydroxylation sites is 1. The Kier molecular flexibility index (Phi) is 4.90. The van der Waals surface area contributed by atoms with Crippen molar-refractivity contribution in [1.82, 2.24) is 19.4 Å². The zero-order chi connectivity index (χ0) is 19.5. The molecule has 0 radical (unpaired) electrons. The summed E-state index contributed by atoms with van der Waals surface area (Å²) in [5.74, 6) is -1.11. The summed E-state index contributed by atoms with van der Waals surface area (Å²) in [6.45, 7) is -0.350. The molecule has 0 fully saturated rings. The van der Waals surface area contributed by atoms with E-state index in [4.69, 9.17) is 0 Å². The standard InChI is InChI=1S/C19H14FN5O2S/c20-14-8-4-5-9-15(14)21-17(26)12-24-19(27)25-16(22-24)10-11-18(23-25)28-13-6-2-1-3-7-13/h1-11H,12H2,(H,21,26). The highest BCUT2D eigenvalue weighted by Crippen LogP contribution is 2.25. The maximum absolute atomic E-state index is 13.6. The van der Waals surface area contributed by atoms with Crippen molar-refractivity contribution < 1.29 is 9.18 Å². The maximum Gasteiger partial charge on any atom is 0.367 e. The van der Waals surface area contributed by atoms with Crippen molar-refractivity contribution >= 4 is 29.0 Å². The summed E-state index contributed by atoms with van der Waals surface area (Å²) in [6, 6.07) is 18.8. The van der Waals surface area contributed by atoms with Gasteiger partial charge in [-0.05, 0) is 36.4 Å². The number of anilines is 1. The molecule has 0 aliphatic heterocycles. The van der Waals surface area contributed by atoms with Gasteiger partial charge < -0.3 is 5.32 Å². The summed E-state index contributed by atoms with van der Waals surface area (Å²) >= 11 is 1.41. The number of carbonyl (C=O) groups excluding carboxylic acids is 1. The molecule has 140 valence electrons. The molecule has 2 aromatic carbocycles. The molecule has 0 saturated heterocycles. The van der Waals surface area contributed by atoms with Gasteiger partial charge >= 0.3 is 5.69 Å². The highest BCUT2D eigenvalue weighted by molar-refractivity contribution is 7.99. The predicted octanol–water partition coefficient (Wildman–Crippen LogP) is 2.82. The molecule has 0 spiro atoms. The number of nitrogens with zero attached hydrogens (tertiary/aromatic N) is 4. The summed E-state index contributed by atoms with van der Waals surface area (Å²) in [4.78, 5) is 25.7. The lowest BCUT2D eigenvalue weighted by Crippen LogP contribution is -2.29. The number of fused-ring (bicyclic) bond motifs is 1. The molecule has 0 bridgehead atoms. The van der Waals surface area contributed by atoms with Crippen molar-refractivity contribution in [1.29, 1.82) is 0 Å². The fourth-order valence-corrected chi connectivity index (χ4v) is 3.34. The van der Waals surface area contributed by atoms with Gasteiger partial charge in [0.25, 0.3) is 0 Å². The van der Waals surface area contributed by atoms with Gasteiger partial charge in [0, 0.05) is 4.90 Å². The number of aromatic nitrogens is 4. The second-order valence-electron chi connectivity index (χ2n) is 5.82. The van der Waals surface area contributed by atoms with Crippen molar-refractivity contribution in [2.24, 2.45) is 0 Å². The van der Waals surface area contributed by atoms with Gasteiger partial charge in [-0.3, -0.25) is 4.79 Å². The lowest BCUT2D eigenvalue weighted by molar-refractivity contribution is -0.117. The minimum Gasteiger partial charge on any atom is -0.322 e. The smallest absolute Gasteiger partial charge is 0.322 e. The molecule has 0 atom stereocenters. The molecule has 0 unspecified atom stereocenters. The van der Waals surface area contributed by atoms with Crippen LogP contribution in [0.5, 0.6) is 0 Å². The van der Waals surface area contributed by atoms with Crippen molar-refractivity contribution in [2.75, 3.05) is 5.32 Å². The van der Waals surface area contributed by atoms with Crippen LogP contribution in [-0.2, 0) is 11.3 Å². The van der Waals surface area contributed by atoms with Gasteiger partial charge in [0.2, 0.25) is 5.91 Å². The molecule has 28 heavy (non-hydrogen) atoms. The molecule has 1 amide bonds. The monoisotopic (exact) mass is 395 g/mol. The third kappa shape index (κ3) is 3.79. The number of nitrogens with one attached hydrogen (secondary N) is 1. The first kappa shape index (κ1) is 17.9. The van der Waals surface area contributed by atoms with Crippen LogP contribution in [0.2, 0.25) is 0 Å².